The van der Waals surface area contributed by atoms with Crippen LogP contribution in [0.4, 0.5) is 28.9 Å². The van der Waals surface area contributed by atoms with Gasteiger partial charge in [0.1, 0.15) is 0 Å². The van der Waals surface area contributed by atoms with Crippen molar-refractivity contribution in [1.29, 1.82) is 0 Å². The molecule has 0 heterocycles. The summed E-state index contributed by atoms with van der Waals surface area (Å²) in [6, 6.07) is 0.761. The molecule has 12 heteroatoms. The summed E-state index contributed by atoms with van der Waals surface area (Å²) >= 11 is 0. The Morgan fingerprint density at radius 1 is 0.731 bits per heavy atom. The van der Waals surface area contributed by atoms with Crippen LogP contribution in [0, 0.1) is 43.5 Å². The Morgan fingerprint density at radius 3 is 1.27 bits per heavy atom. The molecule has 0 saturated heterocycles. The van der Waals surface area contributed by atoms with E-state index in [4.69, 9.17) is 0 Å². The average Bonchev–Trinajstić information content (AvgIpc) is 2.59. The van der Waals surface area contributed by atoms with E-state index in [1.165, 1.54) is 0 Å². The summed E-state index contributed by atoms with van der Waals surface area (Å²) < 4.78 is 65.3. The number of hydrogen-bond acceptors (Lipinski definition) is 6. The second kappa shape index (κ2) is 6.82. The molecule has 0 aliphatic heterocycles. The lowest BCUT2D eigenvalue weighted by Gasteiger charge is -2.11. The summed E-state index contributed by atoms with van der Waals surface area (Å²) in [6.45, 7) is 0. The molecule has 0 spiro atoms. The minimum atomic E-state index is -1.84. The van der Waals surface area contributed by atoms with Crippen LogP contribution in [0.5, 0.6) is 11.5 Å². The molecular formula is C14H8F4N2O6. The van der Waals surface area contributed by atoms with Gasteiger partial charge >= 0.3 is 11.4 Å². The molecule has 0 aliphatic rings. The molecule has 0 aromatic heterocycles. The van der Waals surface area contributed by atoms with Gasteiger partial charge in [-0.25, -0.2) is 8.78 Å². The number of methoxy groups -OCH3 is 2. The van der Waals surface area contributed by atoms with Crippen LogP contribution in [0.3, 0.4) is 0 Å². The molecule has 0 amide bonds. The van der Waals surface area contributed by atoms with Crippen molar-refractivity contribution < 1.29 is 36.9 Å². The van der Waals surface area contributed by atoms with E-state index >= 15 is 0 Å². The predicted octanol–water partition coefficient (Wildman–Crippen LogP) is 3.74. The molecule has 0 N–H and O–H groups in total. The van der Waals surface area contributed by atoms with Crippen molar-refractivity contribution >= 4 is 11.4 Å². The van der Waals surface area contributed by atoms with Crippen LogP contribution in [0.2, 0.25) is 0 Å². The van der Waals surface area contributed by atoms with Gasteiger partial charge in [0.2, 0.25) is 23.1 Å². The predicted molar refractivity (Wildman–Crippen MR) is 78.1 cm³/mol. The number of nitrogens with zero attached hydrogens (tertiary/aromatic N) is 2. The fourth-order valence-corrected chi connectivity index (χ4v) is 2.24. The molecule has 2 aromatic carbocycles. The van der Waals surface area contributed by atoms with E-state index in [-0.39, 0.29) is 0 Å². The SMILES string of the molecule is COc1c([N+](=O)[O-])cc(-c2cc([N+](=O)[O-])c(OC)c(F)c2F)c(F)c1F. The normalized spacial score (nSPS) is 10.5. The van der Waals surface area contributed by atoms with Crippen molar-refractivity contribution in [2.45, 2.75) is 0 Å². The zero-order valence-corrected chi connectivity index (χ0v) is 13.0. The number of ether oxygens (including phenoxy) is 2. The maximum absolute atomic E-state index is 14.2. The van der Waals surface area contributed by atoms with Crippen LogP contribution in [0.15, 0.2) is 12.1 Å². The molecule has 0 radical (unpaired) electrons. The molecule has 26 heavy (non-hydrogen) atoms. The molecule has 0 saturated carbocycles. The highest BCUT2D eigenvalue weighted by atomic mass is 19.2. The third-order valence-electron chi connectivity index (χ3n) is 3.38. The van der Waals surface area contributed by atoms with E-state index in [0.29, 0.717) is 12.1 Å². The van der Waals surface area contributed by atoms with Gasteiger partial charge in [0, 0.05) is 23.3 Å². The van der Waals surface area contributed by atoms with Gasteiger partial charge in [0.05, 0.1) is 24.1 Å². The largest absolute Gasteiger partial charge is 0.488 e. The highest BCUT2D eigenvalue weighted by Gasteiger charge is 2.32. The average molecular weight is 376 g/mol. The van der Waals surface area contributed by atoms with Crippen molar-refractivity contribution in [3.8, 4) is 22.6 Å². The standard InChI is InChI=1S/C14H8F4N2O6/c1-25-13-7(19(21)22)3-5(9(15)11(13)17)6-4-8(20(23)24)14(26-2)12(18)10(6)16/h3-4H,1-2H3. The number of halogens is 4. The highest BCUT2D eigenvalue weighted by Crippen LogP contribution is 2.42. The molecule has 2 rings (SSSR count). The van der Waals surface area contributed by atoms with Gasteiger partial charge in [0.15, 0.2) is 11.6 Å². The minimum absolute atomic E-state index is 0.380. The highest BCUT2D eigenvalue weighted by molar-refractivity contribution is 5.74. The topological polar surface area (TPSA) is 105 Å². The lowest BCUT2D eigenvalue weighted by atomic mass is 10.0. The van der Waals surface area contributed by atoms with Crippen LogP contribution in [-0.4, -0.2) is 24.1 Å². The fourth-order valence-electron chi connectivity index (χ4n) is 2.24. The number of rotatable bonds is 5. The fraction of sp³-hybridized carbons (Fsp3) is 0.143. The zero-order chi connectivity index (χ0) is 19.8. The number of nitro benzene ring substituents is 2. The Balaban J connectivity index is 2.93. The summed E-state index contributed by atoms with van der Waals surface area (Å²) in [7, 11) is 1.67. The molecule has 0 bridgehead atoms. The maximum atomic E-state index is 14.2. The minimum Gasteiger partial charge on any atom is -0.488 e. The van der Waals surface area contributed by atoms with Crippen LogP contribution in [0.25, 0.3) is 11.1 Å². The zero-order valence-electron chi connectivity index (χ0n) is 13.0. The van der Waals surface area contributed by atoms with Crippen LogP contribution in [0.1, 0.15) is 0 Å². The van der Waals surface area contributed by atoms with Crippen LogP contribution >= 0.6 is 0 Å². The van der Waals surface area contributed by atoms with Gasteiger partial charge in [0.25, 0.3) is 0 Å². The Hall–Kier alpha value is -3.44. The molecule has 0 fully saturated rings. The number of benzene rings is 2. The Labute approximate surface area is 141 Å². The molecule has 138 valence electrons. The summed E-state index contributed by atoms with van der Waals surface area (Å²) in [4.78, 5) is 19.7. The molecule has 0 unspecified atom stereocenters. The van der Waals surface area contributed by atoms with E-state index in [2.05, 4.69) is 9.47 Å². The van der Waals surface area contributed by atoms with Crippen molar-refractivity contribution in [2.24, 2.45) is 0 Å². The maximum Gasteiger partial charge on any atom is 0.314 e. The third kappa shape index (κ3) is 2.85. The first-order valence-corrected chi connectivity index (χ1v) is 6.56. The van der Waals surface area contributed by atoms with E-state index < -0.39 is 67.1 Å². The van der Waals surface area contributed by atoms with E-state index in [1.807, 2.05) is 0 Å². The molecule has 0 atom stereocenters. The smallest absolute Gasteiger partial charge is 0.314 e. The van der Waals surface area contributed by atoms with Gasteiger partial charge in [-0.15, -0.1) is 0 Å². The lowest BCUT2D eigenvalue weighted by Crippen LogP contribution is -2.04. The van der Waals surface area contributed by atoms with Gasteiger partial charge in [-0.1, -0.05) is 0 Å². The summed E-state index contributed by atoms with van der Waals surface area (Å²) in [5.74, 6) is -9.44. The monoisotopic (exact) mass is 376 g/mol. The summed E-state index contributed by atoms with van der Waals surface area (Å²) in [6.07, 6.45) is 0. The Kier molecular flexibility index (Phi) is 4.95. The lowest BCUT2D eigenvalue weighted by molar-refractivity contribution is -0.386. The van der Waals surface area contributed by atoms with Gasteiger partial charge in [-0.2, -0.15) is 8.78 Å². The first kappa shape index (κ1) is 18.9. The number of hydrogen-bond donors (Lipinski definition) is 0. The van der Waals surface area contributed by atoms with E-state index in [1.54, 1.807) is 0 Å². The molecule has 8 nitrogen and oxygen atoms in total. The third-order valence-corrected chi connectivity index (χ3v) is 3.38. The first-order valence-electron chi connectivity index (χ1n) is 6.56. The second-order valence-electron chi connectivity index (χ2n) is 4.72. The Bertz CT molecular complexity index is 859. The van der Waals surface area contributed by atoms with Crippen molar-refractivity contribution in [2.75, 3.05) is 14.2 Å². The molecule has 2 aromatic rings. The second-order valence-corrected chi connectivity index (χ2v) is 4.72. The van der Waals surface area contributed by atoms with E-state index in [9.17, 15) is 37.8 Å². The van der Waals surface area contributed by atoms with E-state index in [0.717, 1.165) is 14.2 Å². The van der Waals surface area contributed by atoms with Crippen molar-refractivity contribution in [3.63, 3.8) is 0 Å². The van der Waals surface area contributed by atoms with Gasteiger partial charge in [-0.05, 0) is 0 Å². The Morgan fingerprint density at radius 2 is 1.04 bits per heavy atom. The van der Waals surface area contributed by atoms with Crippen molar-refractivity contribution in [3.05, 3.63) is 55.6 Å². The van der Waals surface area contributed by atoms with Crippen molar-refractivity contribution in [1.82, 2.24) is 0 Å². The first-order chi connectivity index (χ1) is 12.1. The van der Waals surface area contributed by atoms with Crippen LogP contribution in [-0.2, 0) is 0 Å². The molecular weight excluding hydrogens is 368 g/mol. The number of nitro groups is 2. The summed E-state index contributed by atoms with van der Waals surface area (Å²) in [5, 5.41) is 22.0. The van der Waals surface area contributed by atoms with Gasteiger partial charge in [-0.3, -0.25) is 20.2 Å². The molecule has 0 aliphatic carbocycles. The van der Waals surface area contributed by atoms with Gasteiger partial charge < -0.3 is 9.47 Å². The summed E-state index contributed by atoms with van der Waals surface area (Å²) in [5.41, 5.74) is -4.37. The quantitative estimate of drug-likeness (QED) is 0.447. The van der Waals surface area contributed by atoms with Crippen LogP contribution < -0.4 is 9.47 Å².